The van der Waals surface area contributed by atoms with E-state index in [1.54, 1.807) is 0 Å². The monoisotopic (exact) mass is 164 g/mol. The number of hydrogen-bond acceptors (Lipinski definition) is 2. The Labute approximate surface area is 71.9 Å². The fraction of sp³-hybridized carbons (Fsp3) is 0.500. The molecule has 1 saturated heterocycles. The van der Waals surface area contributed by atoms with E-state index in [1.807, 2.05) is 19.9 Å². The van der Waals surface area contributed by atoms with E-state index in [0.29, 0.717) is 0 Å². The van der Waals surface area contributed by atoms with Gasteiger partial charge in [-0.05, 0) is 26.7 Å². The number of carbonyl (C=O) groups is 1. The van der Waals surface area contributed by atoms with E-state index in [9.17, 15) is 4.79 Å². The Balaban J connectivity index is 2.48. The van der Waals surface area contributed by atoms with Crippen molar-refractivity contribution < 1.29 is 9.53 Å². The molecule has 2 rings (SSSR count). The van der Waals surface area contributed by atoms with Crippen LogP contribution in [-0.2, 0) is 9.53 Å². The molecule has 1 heterocycles. The molecule has 0 radical (unpaired) electrons. The summed E-state index contributed by atoms with van der Waals surface area (Å²) in [7, 11) is 0. The first-order chi connectivity index (χ1) is 5.61. The van der Waals surface area contributed by atoms with Crippen molar-refractivity contribution in [1.29, 1.82) is 0 Å². The highest BCUT2D eigenvalue weighted by Gasteiger charge is 2.41. The van der Waals surface area contributed by atoms with Crippen LogP contribution >= 0.6 is 0 Å². The standard InChI is InChI=1S/C10H12O2/c1-10(2)8-6-4-3-5-7(8)9(11)12-10/h5-6H,3-4H2,1-2H3. The molecular formula is C10H12O2. The van der Waals surface area contributed by atoms with Gasteiger partial charge in [0.1, 0.15) is 5.60 Å². The van der Waals surface area contributed by atoms with E-state index in [0.717, 1.165) is 24.0 Å². The van der Waals surface area contributed by atoms with Gasteiger partial charge >= 0.3 is 5.97 Å². The lowest BCUT2D eigenvalue weighted by molar-refractivity contribution is -0.142. The Morgan fingerprint density at radius 3 is 2.67 bits per heavy atom. The minimum Gasteiger partial charge on any atom is -0.451 e. The van der Waals surface area contributed by atoms with Crippen molar-refractivity contribution in [3.63, 3.8) is 0 Å². The van der Waals surface area contributed by atoms with E-state index >= 15 is 0 Å². The topological polar surface area (TPSA) is 26.3 Å². The van der Waals surface area contributed by atoms with E-state index in [-0.39, 0.29) is 5.97 Å². The lowest BCUT2D eigenvalue weighted by Gasteiger charge is -2.18. The van der Waals surface area contributed by atoms with Crippen LogP contribution in [0.4, 0.5) is 0 Å². The van der Waals surface area contributed by atoms with Crippen molar-refractivity contribution in [2.75, 3.05) is 0 Å². The second kappa shape index (κ2) is 2.22. The van der Waals surface area contributed by atoms with Crippen LogP contribution in [0.25, 0.3) is 0 Å². The van der Waals surface area contributed by atoms with E-state index in [1.165, 1.54) is 0 Å². The van der Waals surface area contributed by atoms with Crippen LogP contribution in [0.1, 0.15) is 26.7 Å². The minimum atomic E-state index is -0.399. The second-order valence-corrected chi connectivity index (χ2v) is 3.71. The predicted octanol–water partition coefficient (Wildman–Crippen LogP) is 1.97. The van der Waals surface area contributed by atoms with Gasteiger partial charge in [0.25, 0.3) is 0 Å². The Morgan fingerprint density at radius 1 is 1.33 bits per heavy atom. The van der Waals surface area contributed by atoms with Crippen molar-refractivity contribution in [2.45, 2.75) is 32.3 Å². The highest BCUT2D eigenvalue weighted by atomic mass is 16.6. The van der Waals surface area contributed by atoms with Crippen LogP contribution in [0, 0.1) is 0 Å². The summed E-state index contributed by atoms with van der Waals surface area (Å²) in [5.41, 5.74) is 1.45. The first kappa shape index (κ1) is 7.59. The SMILES string of the molecule is CC1(C)OC(=O)C2=CCCC=C21. The number of fused-ring (bicyclic) bond motifs is 1. The van der Waals surface area contributed by atoms with Gasteiger partial charge in [-0.2, -0.15) is 0 Å². The maximum absolute atomic E-state index is 11.3. The number of hydrogen-bond donors (Lipinski definition) is 0. The van der Waals surface area contributed by atoms with Gasteiger partial charge in [0.05, 0.1) is 5.57 Å². The number of cyclic esters (lactones) is 1. The molecule has 1 aliphatic heterocycles. The van der Waals surface area contributed by atoms with Crippen molar-refractivity contribution >= 4 is 5.97 Å². The van der Waals surface area contributed by atoms with Crippen LogP contribution in [-0.4, -0.2) is 11.6 Å². The highest BCUT2D eigenvalue weighted by Crippen LogP contribution is 2.38. The zero-order valence-corrected chi connectivity index (χ0v) is 7.39. The van der Waals surface area contributed by atoms with Crippen LogP contribution in [0.15, 0.2) is 23.3 Å². The average Bonchev–Trinajstić information content (AvgIpc) is 2.25. The molecule has 2 heteroatoms. The molecule has 2 aliphatic rings. The second-order valence-electron chi connectivity index (χ2n) is 3.71. The molecule has 0 amide bonds. The Bertz CT molecular complexity index is 295. The van der Waals surface area contributed by atoms with Crippen molar-refractivity contribution in [3.8, 4) is 0 Å². The van der Waals surface area contributed by atoms with Gasteiger partial charge < -0.3 is 4.74 Å². The maximum Gasteiger partial charge on any atom is 0.339 e. The lowest BCUT2D eigenvalue weighted by Crippen LogP contribution is -2.20. The molecule has 0 N–H and O–H groups in total. The summed E-state index contributed by atoms with van der Waals surface area (Å²) < 4.78 is 5.22. The maximum atomic E-state index is 11.3. The third kappa shape index (κ3) is 0.909. The van der Waals surface area contributed by atoms with Crippen molar-refractivity contribution in [1.82, 2.24) is 0 Å². The molecular weight excluding hydrogens is 152 g/mol. The van der Waals surface area contributed by atoms with Gasteiger partial charge in [-0.15, -0.1) is 0 Å². The van der Waals surface area contributed by atoms with Gasteiger partial charge in [-0.1, -0.05) is 12.2 Å². The molecule has 0 atom stereocenters. The molecule has 12 heavy (non-hydrogen) atoms. The normalized spacial score (nSPS) is 25.7. The number of carbonyl (C=O) groups excluding carboxylic acids is 1. The summed E-state index contributed by atoms with van der Waals surface area (Å²) in [5.74, 6) is -0.161. The zero-order valence-electron chi connectivity index (χ0n) is 7.39. The summed E-state index contributed by atoms with van der Waals surface area (Å²) >= 11 is 0. The molecule has 0 aromatic rings. The minimum absolute atomic E-state index is 0.161. The first-order valence-corrected chi connectivity index (χ1v) is 4.26. The predicted molar refractivity (Wildman–Crippen MR) is 45.6 cm³/mol. The number of rotatable bonds is 0. The third-order valence-electron chi connectivity index (χ3n) is 2.37. The van der Waals surface area contributed by atoms with Crippen LogP contribution in [0.5, 0.6) is 0 Å². The fourth-order valence-electron chi connectivity index (χ4n) is 1.78. The fourth-order valence-corrected chi connectivity index (χ4v) is 1.78. The Morgan fingerprint density at radius 2 is 2.00 bits per heavy atom. The zero-order chi connectivity index (χ0) is 8.77. The van der Waals surface area contributed by atoms with Crippen molar-refractivity contribution in [2.24, 2.45) is 0 Å². The lowest BCUT2D eigenvalue weighted by atomic mass is 9.89. The molecule has 0 bridgehead atoms. The van der Waals surface area contributed by atoms with Crippen LogP contribution < -0.4 is 0 Å². The summed E-state index contributed by atoms with van der Waals surface area (Å²) in [6, 6.07) is 0. The summed E-state index contributed by atoms with van der Waals surface area (Å²) in [6.45, 7) is 3.87. The quantitative estimate of drug-likeness (QED) is 0.511. The van der Waals surface area contributed by atoms with Gasteiger partial charge in [0.15, 0.2) is 0 Å². The molecule has 0 aromatic carbocycles. The van der Waals surface area contributed by atoms with Crippen LogP contribution in [0.3, 0.4) is 0 Å². The van der Waals surface area contributed by atoms with E-state index < -0.39 is 5.60 Å². The molecule has 0 spiro atoms. The van der Waals surface area contributed by atoms with Crippen LogP contribution in [0.2, 0.25) is 0 Å². The van der Waals surface area contributed by atoms with Gasteiger partial charge in [-0.25, -0.2) is 4.79 Å². The summed E-state index contributed by atoms with van der Waals surface area (Å²) in [5, 5.41) is 0. The molecule has 1 fully saturated rings. The largest absolute Gasteiger partial charge is 0.451 e. The number of ether oxygens (including phenoxy) is 1. The first-order valence-electron chi connectivity index (χ1n) is 4.26. The van der Waals surface area contributed by atoms with Gasteiger partial charge in [0.2, 0.25) is 0 Å². The third-order valence-corrected chi connectivity index (χ3v) is 2.37. The number of allylic oxidation sites excluding steroid dienone is 2. The summed E-state index contributed by atoms with van der Waals surface area (Å²) in [4.78, 5) is 11.3. The molecule has 0 saturated carbocycles. The average molecular weight is 164 g/mol. The molecule has 0 unspecified atom stereocenters. The smallest absolute Gasteiger partial charge is 0.339 e. The van der Waals surface area contributed by atoms with Gasteiger partial charge in [0, 0.05) is 5.57 Å². The van der Waals surface area contributed by atoms with Gasteiger partial charge in [-0.3, -0.25) is 0 Å². The Kier molecular flexibility index (Phi) is 1.40. The van der Waals surface area contributed by atoms with E-state index in [4.69, 9.17) is 4.74 Å². The van der Waals surface area contributed by atoms with Crippen molar-refractivity contribution in [3.05, 3.63) is 23.3 Å². The highest BCUT2D eigenvalue weighted by molar-refractivity contribution is 5.98. The van der Waals surface area contributed by atoms with E-state index in [2.05, 4.69) is 6.08 Å². The summed E-state index contributed by atoms with van der Waals surface area (Å²) in [6.07, 6.45) is 6.08. The molecule has 0 aromatic heterocycles. The Hall–Kier alpha value is -1.05. The number of esters is 1. The molecule has 1 aliphatic carbocycles. The molecule has 2 nitrogen and oxygen atoms in total. The molecule has 64 valence electrons.